The number of aromatic nitrogens is 2. The van der Waals surface area contributed by atoms with Crippen molar-refractivity contribution < 1.29 is 4.90 Å². The van der Waals surface area contributed by atoms with E-state index in [-0.39, 0.29) is 5.56 Å². The van der Waals surface area contributed by atoms with Crippen LogP contribution >= 0.6 is 11.3 Å². The maximum absolute atomic E-state index is 12.4. The molecular formula is C16H22N3OS+. The van der Waals surface area contributed by atoms with E-state index in [2.05, 4.69) is 4.98 Å². The van der Waals surface area contributed by atoms with Gasteiger partial charge in [0, 0.05) is 4.88 Å². The number of likely N-dealkylation sites (tertiary alicyclic amines) is 1. The first-order valence-corrected chi connectivity index (χ1v) is 9.00. The average molecular weight is 304 g/mol. The summed E-state index contributed by atoms with van der Waals surface area (Å²) in [5, 5.41) is 0.877. The van der Waals surface area contributed by atoms with Crippen molar-refractivity contribution in [3.63, 3.8) is 0 Å². The number of hydrogen-bond donors (Lipinski definition) is 2. The number of aromatic amines is 1. The standard InChI is InChI=1S/C16H21N3OS/c20-15-14-11-6-5-7-12(11)21-16(14)18-13(17-15)10-19-8-3-1-2-4-9-19/h1-10H2,(H,17,18,20)/p+1. The van der Waals surface area contributed by atoms with Crippen molar-refractivity contribution >= 4 is 21.6 Å². The molecule has 2 aliphatic rings. The van der Waals surface area contributed by atoms with E-state index in [0.717, 1.165) is 35.4 Å². The van der Waals surface area contributed by atoms with Gasteiger partial charge in [0.05, 0.1) is 18.5 Å². The molecule has 0 radical (unpaired) electrons. The van der Waals surface area contributed by atoms with Gasteiger partial charge in [-0.15, -0.1) is 11.3 Å². The van der Waals surface area contributed by atoms with E-state index in [9.17, 15) is 4.79 Å². The summed E-state index contributed by atoms with van der Waals surface area (Å²) in [7, 11) is 0. The van der Waals surface area contributed by atoms with Gasteiger partial charge in [0.1, 0.15) is 11.4 Å². The minimum absolute atomic E-state index is 0.0867. The summed E-state index contributed by atoms with van der Waals surface area (Å²) in [4.78, 5) is 24.2. The lowest BCUT2D eigenvalue weighted by molar-refractivity contribution is -0.913. The number of hydrogen-bond acceptors (Lipinski definition) is 3. The molecule has 1 aliphatic carbocycles. The van der Waals surface area contributed by atoms with Crippen molar-refractivity contribution in [3.05, 3.63) is 26.6 Å². The molecule has 5 heteroatoms. The third-order valence-electron chi connectivity index (χ3n) is 4.85. The molecule has 0 bridgehead atoms. The molecule has 0 atom stereocenters. The number of thiophene rings is 1. The Kier molecular flexibility index (Phi) is 3.55. The normalized spacial score (nSPS) is 19.8. The Bertz CT molecular complexity index is 710. The van der Waals surface area contributed by atoms with Crippen LogP contribution in [0.15, 0.2) is 4.79 Å². The van der Waals surface area contributed by atoms with E-state index in [0.29, 0.717) is 0 Å². The largest absolute Gasteiger partial charge is 0.329 e. The van der Waals surface area contributed by atoms with Crippen LogP contribution in [0.4, 0.5) is 0 Å². The molecule has 2 N–H and O–H groups in total. The zero-order valence-corrected chi connectivity index (χ0v) is 13.2. The van der Waals surface area contributed by atoms with Crippen molar-refractivity contribution in [2.75, 3.05) is 13.1 Å². The highest BCUT2D eigenvalue weighted by Gasteiger charge is 2.22. The number of nitrogens with one attached hydrogen (secondary N) is 2. The van der Waals surface area contributed by atoms with E-state index in [1.807, 2.05) is 0 Å². The maximum Gasteiger partial charge on any atom is 0.260 e. The minimum Gasteiger partial charge on any atom is -0.329 e. The van der Waals surface area contributed by atoms with Crippen LogP contribution in [-0.4, -0.2) is 23.1 Å². The van der Waals surface area contributed by atoms with Gasteiger partial charge in [-0.1, -0.05) is 0 Å². The van der Waals surface area contributed by atoms with Gasteiger partial charge in [0.25, 0.3) is 5.56 Å². The van der Waals surface area contributed by atoms with Crippen LogP contribution in [-0.2, 0) is 19.4 Å². The summed E-state index contributed by atoms with van der Waals surface area (Å²) in [5.74, 6) is 0.879. The smallest absolute Gasteiger partial charge is 0.260 e. The fourth-order valence-electron chi connectivity index (χ4n) is 3.77. The first-order chi connectivity index (χ1) is 10.3. The zero-order valence-electron chi connectivity index (χ0n) is 12.3. The van der Waals surface area contributed by atoms with Crippen LogP contribution in [0.25, 0.3) is 10.2 Å². The van der Waals surface area contributed by atoms with Crippen molar-refractivity contribution in [3.8, 4) is 0 Å². The Labute approximate surface area is 128 Å². The monoisotopic (exact) mass is 304 g/mol. The summed E-state index contributed by atoms with van der Waals surface area (Å²) in [6, 6.07) is 0. The molecule has 1 saturated heterocycles. The highest BCUT2D eigenvalue weighted by molar-refractivity contribution is 7.18. The Morgan fingerprint density at radius 3 is 2.71 bits per heavy atom. The Balaban J connectivity index is 1.65. The molecule has 4 nitrogen and oxygen atoms in total. The van der Waals surface area contributed by atoms with Crippen LogP contribution in [0.5, 0.6) is 0 Å². The zero-order chi connectivity index (χ0) is 14.2. The van der Waals surface area contributed by atoms with Gasteiger partial charge in [0.15, 0.2) is 5.82 Å². The molecule has 3 heterocycles. The van der Waals surface area contributed by atoms with E-state index >= 15 is 0 Å². The topological polar surface area (TPSA) is 50.2 Å². The predicted octanol–water partition coefficient (Wildman–Crippen LogP) is 1.43. The second kappa shape index (κ2) is 5.54. The van der Waals surface area contributed by atoms with Gasteiger partial charge >= 0.3 is 0 Å². The molecule has 1 aliphatic heterocycles. The lowest BCUT2D eigenvalue weighted by Gasteiger charge is -2.16. The number of rotatable bonds is 2. The molecule has 1 fully saturated rings. The summed E-state index contributed by atoms with van der Waals surface area (Å²) >= 11 is 1.74. The van der Waals surface area contributed by atoms with E-state index < -0.39 is 0 Å². The second-order valence-corrected chi connectivity index (χ2v) is 7.47. The SMILES string of the molecule is O=c1[nH]c(C[NH+]2CCCCCC2)nc2sc3c(c12)CCC3. The Hall–Kier alpha value is -1.20. The van der Waals surface area contributed by atoms with Crippen LogP contribution in [0.1, 0.15) is 48.4 Å². The highest BCUT2D eigenvalue weighted by atomic mass is 32.1. The lowest BCUT2D eigenvalue weighted by atomic mass is 10.2. The summed E-state index contributed by atoms with van der Waals surface area (Å²) < 4.78 is 0. The number of aryl methyl sites for hydroxylation is 2. The fourth-order valence-corrected chi connectivity index (χ4v) is 5.05. The minimum atomic E-state index is 0.0867. The fraction of sp³-hybridized carbons (Fsp3) is 0.625. The van der Waals surface area contributed by atoms with Gasteiger partial charge in [0.2, 0.25) is 0 Å². The van der Waals surface area contributed by atoms with Crippen molar-refractivity contribution in [1.29, 1.82) is 0 Å². The molecule has 112 valence electrons. The number of fused-ring (bicyclic) bond motifs is 3. The average Bonchev–Trinajstić information content (AvgIpc) is 2.92. The molecule has 0 amide bonds. The van der Waals surface area contributed by atoms with Crippen LogP contribution in [0, 0.1) is 0 Å². The predicted molar refractivity (Wildman–Crippen MR) is 85.1 cm³/mol. The van der Waals surface area contributed by atoms with Crippen LogP contribution in [0.3, 0.4) is 0 Å². The third kappa shape index (κ3) is 2.53. The molecule has 2 aromatic rings. The second-order valence-electron chi connectivity index (χ2n) is 6.39. The Morgan fingerprint density at radius 1 is 1.10 bits per heavy atom. The quantitative estimate of drug-likeness (QED) is 0.882. The van der Waals surface area contributed by atoms with E-state index in [1.54, 1.807) is 16.2 Å². The van der Waals surface area contributed by atoms with E-state index in [4.69, 9.17) is 4.98 Å². The van der Waals surface area contributed by atoms with Gasteiger partial charge in [-0.25, -0.2) is 4.98 Å². The molecule has 4 rings (SSSR count). The molecule has 21 heavy (non-hydrogen) atoms. The molecule has 0 unspecified atom stereocenters. The summed E-state index contributed by atoms with van der Waals surface area (Å²) in [5.41, 5.74) is 1.36. The van der Waals surface area contributed by atoms with Gasteiger partial charge in [-0.05, 0) is 50.5 Å². The highest BCUT2D eigenvalue weighted by Crippen LogP contribution is 2.34. The van der Waals surface area contributed by atoms with Crippen LogP contribution < -0.4 is 10.5 Å². The summed E-state index contributed by atoms with van der Waals surface area (Å²) in [6.07, 6.45) is 8.67. The molecule has 0 spiro atoms. The number of quaternary nitrogens is 1. The first-order valence-electron chi connectivity index (χ1n) is 8.18. The number of nitrogens with zero attached hydrogens (tertiary/aromatic N) is 1. The summed E-state index contributed by atoms with van der Waals surface area (Å²) in [6.45, 7) is 3.29. The van der Waals surface area contributed by atoms with Crippen molar-refractivity contribution in [1.82, 2.24) is 9.97 Å². The third-order valence-corrected chi connectivity index (χ3v) is 6.04. The number of H-pyrrole nitrogens is 1. The molecule has 0 aromatic carbocycles. The molecule has 0 saturated carbocycles. The maximum atomic E-state index is 12.4. The lowest BCUT2D eigenvalue weighted by Crippen LogP contribution is -3.10. The van der Waals surface area contributed by atoms with Crippen LogP contribution in [0.2, 0.25) is 0 Å². The van der Waals surface area contributed by atoms with Gasteiger partial charge in [-0.3, -0.25) is 4.79 Å². The van der Waals surface area contributed by atoms with Crippen molar-refractivity contribution in [2.24, 2.45) is 0 Å². The molecular weight excluding hydrogens is 282 g/mol. The molecule has 2 aromatic heterocycles. The Morgan fingerprint density at radius 2 is 1.90 bits per heavy atom. The van der Waals surface area contributed by atoms with Gasteiger partial charge in [-0.2, -0.15) is 0 Å². The van der Waals surface area contributed by atoms with Crippen molar-refractivity contribution in [2.45, 2.75) is 51.5 Å². The first kappa shape index (κ1) is 13.5. The van der Waals surface area contributed by atoms with Gasteiger partial charge < -0.3 is 9.88 Å². The van der Waals surface area contributed by atoms with E-state index in [1.165, 1.54) is 55.6 Å².